The van der Waals surface area contributed by atoms with Crippen LogP contribution in [0.5, 0.6) is 5.75 Å². The second-order valence-electron chi connectivity index (χ2n) is 3.24. The molecule has 3 N–H and O–H groups in total. The fraction of sp³-hybridized carbons (Fsp3) is 0.273. The molecule has 1 aromatic rings. The standard InChI is InChI=1S/C11H13NO5/c1-16-10(13)4-5-17-9-3-2-7(12)6-8(9)11(14)15/h2-3,6H,4-5,12H2,1H3,(H,14,15). The van der Waals surface area contributed by atoms with Gasteiger partial charge in [-0.25, -0.2) is 4.79 Å². The molecule has 0 atom stereocenters. The first-order valence-electron chi connectivity index (χ1n) is 4.87. The monoisotopic (exact) mass is 239 g/mol. The van der Waals surface area contributed by atoms with Gasteiger partial charge in [0.1, 0.15) is 11.3 Å². The molecule has 0 amide bonds. The molecule has 0 unspecified atom stereocenters. The number of hydrogen-bond acceptors (Lipinski definition) is 5. The summed E-state index contributed by atoms with van der Waals surface area (Å²) in [6.07, 6.45) is 0.0555. The Labute approximate surface area is 97.9 Å². The van der Waals surface area contributed by atoms with Gasteiger partial charge in [-0.05, 0) is 18.2 Å². The number of nitrogens with two attached hydrogens (primary N) is 1. The summed E-state index contributed by atoms with van der Waals surface area (Å²) in [7, 11) is 1.27. The Bertz CT molecular complexity index is 430. The number of carbonyl (C=O) groups is 2. The summed E-state index contributed by atoms with van der Waals surface area (Å²) in [6.45, 7) is 0.0525. The van der Waals surface area contributed by atoms with E-state index in [2.05, 4.69) is 4.74 Å². The third kappa shape index (κ3) is 3.67. The summed E-state index contributed by atoms with van der Waals surface area (Å²) in [5, 5.41) is 8.92. The van der Waals surface area contributed by atoms with Crippen LogP contribution < -0.4 is 10.5 Å². The van der Waals surface area contributed by atoms with Crippen molar-refractivity contribution in [1.29, 1.82) is 0 Å². The largest absolute Gasteiger partial charge is 0.492 e. The Balaban J connectivity index is 2.70. The van der Waals surface area contributed by atoms with Crippen LogP contribution in [-0.4, -0.2) is 30.8 Å². The van der Waals surface area contributed by atoms with Gasteiger partial charge < -0.3 is 20.3 Å². The number of rotatable bonds is 5. The van der Waals surface area contributed by atoms with E-state index in [1.165, 1.54) is 25.3 Å². The molecule has 0 heterocycles. The van der Waals surface area contributed by atoms with Crippen LogP contribution in [0.4, 0.5) is 5.69 Å². The lowest BCUT2D eigenvalue weighted by Crippen LogP contribution is -2.10. The Morgan fingerprint density at radius 1 is 1.41 bits per heavy atom. The first-order valence-corrected chi connectivity index (χ1v) is 4.87. The summed E-state index contributed by atoms with van der Waals surface area (Å²) in [5.74, 6) is -1.38. The highest BCUT2D eigenvalue weighted by Gasteiger charge is 2.12. The molecule has 0 fully saturated rings. The van der Waals surface area contributed by atoms with Crippen molar-refractivity contribution < 1.29 is 24.2 Å². The molecule has 0 aliphatic carbocycles. The van der Waals surface area contributed by atoms with Gasteiger partial charge in [0.2, 0.25) is 0 Å². The molecule has 0 saturated carbocycles. The summed E-state index contributed by atoms with van der Waals surface area (Å²) in [4.78, 5) is 21.7. The number of benzene rings is 1. The van der Waals surface area contributed by atoms with Crippen LogP contribution in [0.1, 0.15) is 16.8 Å². The van der Waals surface area contributed by atoms with Gasteiger partial charge in [-0.15, -0.1) is 0 Å². The van der Waals surface area contributed by atoms with Gasteiger partial charge in [-0.3, -0.25) is 4.79 Å². The molecular weight excluding hydrogens is 226 g/mol. The predicted octanol–water partition coefficient (Wildman–Crippen LogP) is 0.909. The highest BCUT2D eigenvalue weighted by molar-refractivity contribution is 5.92. The van der Waals surface area contributed by atoms with E-state index in [1.807, 2.05) is 0 Å². The summed E-state index contributed by atoms with van der Waals surface area (Å²) in [6, 6.07) is 4.28. The highest BCUT2D eigenvalue weighted by Crippen LogP contribution is 2.21. The van der Waals surface area contributed by atoms with Crippen LogP contribution in [0.15, 0.2) is 18.2 Å². The number of hydrogen-bond donors (Lipinski definition) is 2. The predicted molar refractivity (Wildman–Crippen MR) is 59.9 cm³/mol. The number of nitrogen functional groups attached to an aromatic ring is 1. The highest BCUT2D eigenvalue weighted by atomic mass is 16.5. The van der Waals surface area contributed by atoms with Gasteiger partial charge in [0.25, 0.3) is 0 Å². The van der Waals surface area contributed by atoms with Crippen molar-refractivity contribution in [3.63, 3.8) is 0 Å². The summed E-state index contributed by atoms with van der Waals surface area (Å²) in [5.41, 5.74) is 5.77. The molecule has 17 heavy (non-hydrogen) atoms. The Morgan fingerprint density at radius 3 is 2.71 bits per heavy atom. The molecule has 92 valence electrons. The third-order valence-electron chi connectivity index (χ3n) is 2.03. The molecule has 1 aromatic carbocycles. The molecular formula is C11H13NO5. The quantitative estimate of drug-likeness (QED) is 0.585. The molecule has 6 heteroatoms. The fourth-order valence-electron chi connectivity index (χ4n) is 1.19. The van der Waals surface area contributed by atoms with Crippen molar-refractivity contribution in [2.75, 3.05) is 19.5 Å². The van der Waals surface area contributed by atoms with Gasteiger partial charge in [0, 0.05) is 5.69 Å². The van der Waals surface area contributed by atoms with Gasteiger partial charge in [-0.2, -0.15) is 0 Å². The van der Waals surface area contributed by atoms with Crippen molar-refractivity contribution in [3.8, 4) is 5.75 Å². The molecule has 1 rings (SSSR count). The van der Waals surface area contributed by atoms with E-state index in [0.29, 0.717) is 5.69 Å². The number of carboxylic acid groups (broad SMARTS) is 1. The number of carbonyl (C=O) groups excluding carboxylic acids is 1. The van der Waals surface area contributed by atoms with E-state index in [-0.39, 0.29) is 24.3 Å². The second-order valence-corrected chi connectivity index (χ2v) is 3.24. The third-order valence-corrected chi connectivity index (χ3v) is 2.03. The van der Waals surface area contributed by atoms with Crippen molar-refractivity contribution in [3.05, 3.63) is 23.8 Å². The van der Waals surface area contributed by atoms with E-state index < -0.39 is 11.9 Å². The van der Waals surface area contributed by atoms with Gasteiger partial charge in [-0.1, -0.05) is 0 Å². The number of methoxy groups -OCH3 is 1. The van der Waals surface area contributed by atoms with Crippen molar-refractivity contribution >= 4 is 17.6 Å². The van der Waals surface area contributed by atoms with Gasteiger partial charge in [0.15, 0.2) is 0 Å². The summed E-state index contributed by atoms with van der Waals surface area (Å²) < 4.78 is 9.62. The molecule has 0 saturated heterocycles. The smallest absolute Gasteiger partial charge is 0.339 e. The maximum Gasteiger partial charge on any atom is 0.339 e. The maximum absolute atomic E-state index is 10.9. The molecule has 0 bridgehead atoms. The number of anilines is 1. The molecule has 0 radical (unpaired) electrons. The molecule has 6 nitrogen and oxygen atoms in total. The van der Waals surface area contributed by atoms with Crippen molar-refractivity contribution in [2.45, 2.75) is 6.42 Å². The molecule has 0 aromatic heterocycles. The topological polar surface area (TPSA) is 98.9 Å². The average molecular weight is 239 g/mol. The van der Waals surface area contributed by atoms with Crippen molar-refractivity contribution in [1.82, 2.24) is 0 Å². The zero-order valence-electron chi connectivity index (χ0n) is 9.30. The number of ether oxygens (including phenoxy) is 2. The maximum atomic E-state index is 10.9. The van der Waals surface area contributed by atoms with Gasteiger partial charge >= 0.3 is 11.9 Å². The fourth-order valence-corrected chi connectivity index (χ4v) is 1.19. The number of carboxylic acids is 1. The van der Waals surface area contributed by atoms with Crippen LogP contribution in [0.3, 0.4) is 0 Å². The van der Waals surface area contributed by atoms with E-state index >= 15 is 0 Å². The van der Waals surface area contributed by atoms with E-state index in [0.717, 1.165) is 0 Å². The lowest BCUT2D eigenvalue weighted by Gasteiger charge is -2.09. The van der Waals surface area contributed by atoms with Crippen LogP contribution in [-0.2, 0) is 9.53 Å². The Hall–Kier alpha value is -2.24. The van der Waals surface area contributed by atoms with E-state index in [9.17, 15) is 9.59 Å². The normalized spacial score (nSPS) is 9.71. The van der Waals surface area contributed by atoms with E-state index in [1.54, 1.807) is 0 Å². The lowest BCUT2D eigenvalue weighted by atomic mass is 10.2. The average Bonchev–Trinajstić information content (AvgIpc) is 2.30. The lowest BCUT2D eigenvalue weighted by molar-refractivity contribution is -0.141. The van der Waals surface area contributed by atoms with Gasteiger partial charge in [0.05, 0.1) is 20.1 Å². The minimum Gasteiger partial charge on any atom is -0.492 e. The molecule has 0 aliphatic rings. The molecule has 0 spiro atoms. The summed E-state index contributed by atoms with van der Waals surface area (Å²) >= 11 is 0. The van der Waals surface area contributed by atoms with Crippen LogP contribution in [0, 0.1) is 0 Å². The number of esters is 1. The van der Waals surface area contributed by atoms with E-state index in [4.69, 9.17) is 15.6 Å². The SMILES string of the molecule is COC(=O)CCOc1ccc(N)cc1C(=O)O. The first kappa shape index (κ1) is 12.8. The minimum atomic E-state index is -1.13. The van der Waals surface area contributed by atoms with Crippen LogP contribution in [0.25, 0.3) is 0 Å². The Morgan fingerprint density at radius 2 is 2.12 bits per heavy atom. The number of aromatic carboxylic acids is 1. The zero-order valence-corrected chi connectivity index (χ0v) is 9.30. The zero-order chi connectivity index (χ0) is 12.8. The Kier molecular flexibility index (Phi) is 4.33. The van der Waals surface area contributed by atoms with Crippen LogP contribution in [0.2, 0.25) is 0 Å². The molecule has 0 aliphatic heterocycles. The van der Waals surface area contributed by atoms with Crippen LogP contribution >= 0.6 is 0 Å². The van der Waals surface area contributed by atoms with Crippen molar-refractivity contribution in [2.24, 2.45) is 0 Å². The second kappa shape index (κ2) is 5.74. The first-order chi connectivity index (χ1) is 8.04. The minimum absolute atomic E-state index is 0.0325.